The molecule has 0 aliphatic heterocycles. The van der Waals surface area contributed by atoms with Crippen LogP contribution in [0.5, 0.6) is 11.6 Å². The molecule has 0 spiro atoms. The molecule has 1 N–H and O–H groups in total. The number of ether oxygens (including phenoxy) is 1. The van der Waals surface area contributed by atoms with E-state index in [0.29, 0.717) is 21.7 Å². The number of benzene rings is 1. The molecule has 5 heteroatoms. The Balaban J connectivity index is 2.07. The predicted molar refractivity (Wildman–Crippen MR) is 82.8 cm³/mol. The molecule has 0 fully saturated rings. The third kappa shape index (κ3) is 4.67. The Labute approximate surface area is 128 Å². The molecule has 0 aliphatic rings. The average Bonchev–Trinajstić information content (AvgIpc) is 2.38. The summed E-state index contributed by atoms with van der Waals surface area (Å²) in [7, 11) is 0. The molecule has 1 heterocycles. The topological polar surface area (TPSA) is 34.2 Å². The SMILES string of the molecule is CCCNCc1ccnc(Oc2cc(Cl)cc(Cl)c2)c1. The lowest BCUT2D eigenvalue weighted by atomic mass is 10.2. The Hall–Kier alpha value is -1.29. The zero-order chi connectivity index (χ0) is 14.4. The Kier molecular flexibility index (Phi) is 5.65. The molecule has 106 valence electrons. The summed E-state index contributed by atoms with van der Waals surface area (Å²) in [5.74, 6) is 1.10. The van der Waals surface area contributed by atoms with Gasteiger partial charge in [-0.3, -0.25) is 0 Å². The third-order valence-corrected chi connectivity index (χ3v) is 3.05. The molecule has 0 aliphatic carbocycles. The van der Waals surface area contributed by atoms with Crippen molar-refractivity contribution in [2.45, 2.75) is 19.9 Å². The molecule has 3 nitrogen and oxygen atoms in total. The van der Waals surface area contributed by atoms with Crippen LogP contribution in [-0.4, -0.2) is 11.5 Å². The van der Waals surface area contributed by atoms with Gasteiger partial charge < -0.3 is 10.1 Å². The van der Waals surface area contributed by atoms with Gasteiger partial charge in [0.15, 0.2) is 0 Å². The molecule has 1 aromatic heterocycles. The maximum Gasteiger partial charge on any atom is 0.219 e. The van der Waals surface area contributed by atoms with Gasteiger partial charge in [0.1, 0.15) is 5.75 Å². The normalized spacial score (nSPS) is 10.6. The van der Waals surface area contributed by atoms with E-state index < -0.39 is 0 Å². The maximum atomic E-state index is 5.94. The van der Waals surface area contributed by atoms with Crippen molar-refractivity contribution in [1.29, 1.82) is 0 Å². The minimum Gasteiger partial charge on any atom is -0.439 e. The molecule has 0 radical (unpaired) electrons. The number of nitrogens with zero attached hydrogens (tertiary/aromatic N) is 1. The van der Waals surface area contributed by atoms with E-state index in [1.54, 1.807) is 24.4 Å². The van der Waals surface area contributed by atoms with Gasteiger partial charge in [-0.1, -0.05) is 30.1 Å². The van der Waals surface area contributed by atoms with Crippen LogP contribution in [-0.2, 0) is 6.54 Å². The fraction of sp³-hybridized carbons (Fsp3) is 0.267. The zero-order valence-corrected chi connectivity index (χ0v) is 12.7. The van der Waals surface area contributed by atoms with E-state index in [2.05, 4.69) is 17.2 Å². The van der Waals surface area contributed by atoms with Crippen LogP contribution in [0.1, 0.15) is 18.9 Å². The second-order valence-corrected chi connectivity index (χ2v) is 5.26. The van der Waals surface area contributed by atoms with Crippen LogP contribution in [0.4, 0.5) is 0 Å². The Morgan fingerprint density at radius 2 is 1.90 bits per heavy atom. The molecule has 20 heavy (non-hydrogen) atoms. The molecule has 0 saturated carbocycles. The summed E-state index contributed by atoms with van der Waals surface area (Å²) >= 11 is 11.9. The molecule has 0 amide bonds. The highest BCUT2D eigenvalue weighted by atomic mass is 35.5. The summed E-state index contributed by atoms with van der Waals surface area (Å²) in [5, 5.41) is 4.41. The van der Waals surface area contributed by atoms with Gasteiger partial charge in [0.2, 0.25) is 5.88 Å². The van der Waals surface area contributed by atoms with Gasteiger partial charge in [-0.25, -0.2) is 4.98 Å². The van der Waals surface area contributed by atoms with E-state index in [9.17, 15) is 0 Å². The number of rotatable bonds is 6. The van der Waals surface area contributed by atoms with Crippen LogP contribution in [0.2, 0.25) is 10.0 Å². The Morgan fingerprint density at radius 1 is 1.15 bits per heavy atom. The minimum atomic E-state index is 0.527. The van der Waals surface area contributed by atoms with Gasteiger partial charge >= 0.3 is 0 Å². The number of pyridine rings is 1. The van der Waals surface area contributed by atoms with Crippen LogP contribution >= 0.6 is 23.2 Å². The molecule has 0 unspecified atom stereocenters. The van der Waals surface area contributed by atoms with Gasteiger partial charge in [0, 0.05) is 28.9 Å². The predicted octanol–water partition coefficient (Wildman–Crippen LogP) is 4.68. The van der Waals surface area contributed by atoms with Crippen molar-refractivity contribution >= 4 is 23.2 Å². The van der Waals surface area contributed by atoms with Gasteiger partial charge in [-0.15, -0.1) is 0 Å². The lowest BCUT2D eigenvalue weighted by molar-refractivity contribution is 0.462. The average molecular weight is 311 g/mol. The molecule has 2 aromatic rings. The number of hydrogen-bond donors (Lipinski definition) is 1. The third-order valence-electron chi connectivity index (χ3n) is 2.61. The van der Waals surface area contributed by atoms with Crippen LogP contribution in [0, 0.1) is 0 Å². The van der Waals surface area contributed by atoms with Gasteiger partial charge in [0.25, 0.3) is 0 Å². The summed E-state index contributed by atoms with van der Waals surface area (Å²) in [6.07, 6.45) is 2.83. The van der Waals surface area contributed by atoms with Crippen LogP contribution < -0.4 is 10.1 Å². The van der Waals surface area contributed by atoms with Crippen molar-refractivity contribution in [3.05, 3.63) is 52.1 Å². The molecule has 0 atom stereocenters. The van der Waals surface area contributed by atoms with Crippen LogP contribution in [0.15, 0.2) is 36.5 Å². The smallest absolute Gasteiger partial charge is 0.219 e. The fourth-order valence-corrected chi connectivity index (χ4v) is 2.24. The molecule has 1 aromatic carbocycles. The standard InChI is InChI=1S/C15H16Cl2N2O/c1-2-4-18-10-11-3-5-19-15(6-11)20-14-8-12(16)7-13(17)9-14/h3,5-9,18H,2,4,10H2,1H3. The summed E-state index contributed by atoms with van der Waals surface area (Å²) < 4.78 is 5.68. The molecule has 0 saturated heterocycles. The van der Waals surface area contributed by atoms with Crippen molar-refractivity contribution in [3.63, 3.8) is 0 Å². The largest absolute Gasteiger partial charge is 0.439 e. The number of hydrogen-bond acceptors (Lipinski definition) is 3. The number of nitrogens with one attached hydrogen (secondary N) is 1. The van der Waals surface area contributed by atoms with Crippen molar-refractivity contribution in [1.82, 2.24) is 10.3 Å². The molecular weight excluding hydrogens is 295 g/mol. The maximum absolute atomic E-state index is 5.94. The molecular formula is C15H16Cl2N2O. The first-order valence-electron chi connectivity index (χ1n) is 6.47. The summed E-state index contributed by atoms with van der Waals surface area (Å²) in [5.41, 5.74) is 1.12. The molecule has 0 bridgehead atoms. The zero-order valence-electron chi connectivity index (χ0n) is 11.2. The summed E-state index contributed by atoms with van der Waals surface area (Å²) in [4.78, 5) is 4.19. The van der Waals surface area contributed by atoms with Crippen molar-refractivity contribution in [3.8, 4) is 11.6 Å². The summed E-state index contributed by atoms with van der Waals surface area (Å²) in [6, 6.07) is 8.93. The van der Waals surface area contributed by atoms with Crippen molar-refractivity contribution in [2.24, 2.45) is 0 Å². The van der Waals surface area contributed by atoms with E-state index in [4.69, 9.17) is 27.9 Å². The van der Waals surface area contributed by atoms with E-state index in [0.717, 1.165) is 25.1 Å². The minimum absolute atomic E-state index is 0.527. The summed E-state index contributed by atoms with van der Waals surface area (Å²) in [6.45, 7) is 3.92. The highest BCUT2D eigenvalue weighted by Crippen LogP contribution is 2.27. The Bertz CT molecular complexity index is 555. The first-order chi connectivity index (χ1) is 9.67. The van der Waals surface area contributed by atoms with Crippen LogP contribution in [0.3, 0.4) is 0 Å². The molecule has 2 rings (SSSR count). The number of aromatic nitrogens is 1. The first kappa shape index (κ1) is 15.1. The van der Waals surface area contributed by atoms with Gasteiger partial charge in [-0.05, 0) is 42.8 Å². The van der Waals surface area contributed by atoms with E-state index >= 15 is 0 Å². The van der Waals surface area contributed by atoms with E-state index in [1.807, 2.05) is 12.1 Å². The lowest BCUT2D eigenvalue weighted by Gasteiger charge is -2.08. The quantitative estimate of drug-likeness (QED) is 0.787. The van der Waals surface area contributed by atoms with Crippen molar-refractivity contribution in [2.75, 3.05) is 6.54 Å². The highest BCUT2D eigenvalue weighted by Gasteiger charge is 2.03. The van der Waals surface area contributed by atoms with Gasteiger partial charge in [0.05, 0.1) is 0 Å². The lowest BCUT2D eigenvalue weighted by Crippen LogP contribution is -2.13. The monoisotopic (exact) mass is 310 g/mol. The second-order valence-electron chi connectivity index (χ2n) is 4.39. The Morgan fingerprint density at radius 3 is 2.60 bits per heavy atom. The van der Waals surface area contributed by atoms with Crippen LogP contribution in [0.25, 0.3) is 0 Å². The second kappa shape index (κ2) is 7.48. The fourth-order valence-electron chi connectivity index (χ4n) is 1.73. The van der Waals surface area contributed by atoms with E-state index in [1.165, 1.54) is 0 Å². The van der Waals surface area contributed by atoms with E-state index in [-0.39, 0.29) is 0 Å². The van der Waals surface area contributed by atoms with Gasteiger partial charge in [-0.2, -0.15) is 0 Å². The highest BCUT2D eigenvalue weighted by molar-refractivity contribution is 6.34. The first-order valence-corrected chi connectivity index (χ1v) is 7.22. The van der Waals surface area contributed by atoms with Crippen molar-refractivity contribution < 1.29 is 4.74 Å². The number of halogens is 2.